The first kappa shape index (κ1) is 20.3. The number of hydrogen-bond donors (Lipinski definition) is 1. The van der Waals surface area contributed by atoms with E-state index >= 15 is 0 Å². The molecule has 2 heterocycles. The summed E-state index contributed by atoms with van der Waals surface area (Å²) in [6, 6.07) is 6.12. The lowest BCUT2D eigenvalue weighted by atomic mass is 10.1. The molecule has 0 aliphatic carbocycles. The van der Waals surface area contributed by atoms with Crippen molar-refractivity contribution in [3.8, 4) is 0 Å². The van der Waals surface area contributed by atoms with Crippen molar-refractivity contribution in [2.75, 3.05) is 32.8 Å². The molecule has 0 bridgehead atoms. The Morgan fingerprint density at radius 1 is 1.15 bits per heavy atom. The monoisotopic (exact) mass is 396 g/mol. The van der Waals surface area contributed by atoms with Crippen molar-refractivity contribution in [2.45, 2.75) is 43.8 Å². The second kappa shape index (κ2) is 8.26. The van der Waals surface area contributed by atoms with E-state index in [2.05, 4.69) is 19.2 Å². The van der Waals surface area contributed by atoms with Crippen LogP contribution in [0, 0.1) is 5.92 Å². The Morgan fingerprint density at radius 3 is 2.30 bits per heavy atom. The van der Waals surface area contributed by atoms with Crippen LogP contribution in [0.25, 0.3) is 0 Å². The summed E-state index contributed by atoms with van der Waals surface area (Å²) in [5.74, 6) is -0.277. The van der Waals surface area contributed by atoms with Gasteiger partial charge < -0.3 is 14.8 Å². The van der Waals surface area contributed by atoms with Crippen molar-refractivity contribution in [2.24, 2.45) is 5.92 Å². The molecule has 1 N–H and O–H groups in total. The number of amides is 1. The second-order valence-electron chi connectivity index (χ2n) is 7.47. The summed E-state index contributed by atoms with van der Waals surface area (Å²) in [5.41, 5.74) is 0.461. The summed E-state index contributed by atoms with van der Waals surface area (Å²) >= 11 is 0. The topological polar surface area (TPSA) is 84.9 Å². The fourth-order valence-electron chi connectivity index (χ4n) is 3.36. The highest BCUT2D eigenvalue weighted by Gasteiger charge is 2.42. The lowest BCUT2D eigenvalue weighted by molar-refractivity contribution is -0.179. The van der Waals surface area contributed by atoms with Crippen LogP contribution in [0.4, 0.5) is 0 Å². The van der Waals surface area contributed by atoms with Gasteiger partial charge in [0.05, 0.1) is 18.1 Å². The third-order valence-corrected chi connectivity index (χ3v) is 6.97. The Kier molecular flexibility index (Phi) is 6.20. The summed E-state index contributed by atoms with van der Waals surface area (Å²) < 4.78 is 38.5. The van der Waals surface area contributed by atoms with Crippen LogP contribution in [0.15, 0.2) is 29.2 Å². The summed E-state index contributed by atoms with van der Waals surface area (Å²) in [6.07, 6.45) is 1.97. The number of ether oxygens (including phenoxy) is 2. The zero-order chi connectivity index (χ0) is 19.5. The molecule has 0 radical (unpaired) electrons. The Bertz CT molecular complexity index is 745. The number of carbonyl (C=O) groups is 1. The van der Waals surface area contributed by atoms with Gasteiger partial charge in [-0.2, -0.15) is 4.31 Å². The largest absolute Gasteiger partial charge is 0.352 e. The van der Waals surface area contributed by atoms with Gasteiger partial charge in [0.15, 0.2) is 5.79 Å². The molecule has 2 fully saturated rings. The molecule has 1 aromatic rings. The van der Waals surface area contributed by atoms with Gasteiger partial charge in [-0.3, -0.25) is 4.79 Å². The maximum Gasteiger partial charge on any atom is 0.251 e. The van der Waals surface area contributed by atoms with Crippen molar-refractivity contribution in [3.63, 3.8) is 0 Å². The van der Waals surface area contributed by atoms with E-state index < -0.39 is 15.8 Å². The smallest absolute Gasteiger partial charge is 0.251 e. The van der Waals surface area contributed by atoms with Gasteiger partial charge in [0.2, 0.25) is 10.0 Å². The number of nitrogens with zero attached hydrogens (tertiary/aromatic N) is 1. The number of nitrogens with one attached hydrogen (secondary N) is 1. The molecule has 150 valence electrons. The van der Waals surface area contributed by atoms with Crippen molar-refractivity contribution < 1.29 is 22.7 Å². The van der Waals surface area contributed by atoms with Gasteiger partial charge in [-0.15, -0.1) is 0 Å². The van der Waals surface area contributed by atoms with E-state index in [-0.39, 0.29) is 10.8 Å². The van der Waals surface area contributed by atoms with Crippen LogP contribution in [-0.2, 0) is 19.5 Å². The van der Waals surface area contributed by atoms with Gasteiger partial charge in [0.1, 0.15) is 0 Å². The molecule has 0 atom stereocenters. The van der Waals surface area contributed by atoms with Gasteiger partial charge in [-0.25, -0.2) is 8.42 Å². The molecular formula is C19H28N2O5S. The third-order valence-electron chi connectivity index (χ3n) is 5.06. The predicted molar refractivity (Wildman–Crippen MR) is 101 cm³/mol. The van der Waals surface area contributed by atoms with Crippen molar-refractivity contribution in [3.05, 3.63) is 29.8 Å². The summed E-state index contributed by atoms with van der Waals surface area (Å²) in [7, 11) is -3.59. The van der Waals surface area contributed by atoms with Gasteiger partial charge in [-0.1, -0.05) is 13.8 Å². The quantitative estimate of drug-likeness (QED) is 0.795. The molecule has 0 saturated carbocycles. The molecule has 2 saturated heterocycles. The zero-order valence-electron chi connectivity index (χ0n) is 15.9. The van der Waals surface area contributed by atoms with E-state index in [4.69, 9.17) is 9.47 Å². The molecular weight excluding hydrogens is 368 g/mol. The number of sulfonamides is 1. The molecule has 2 aliphatic rings. The highest BCUT2D eigenvalue weighted by Crippen LogP contribution is 2.33. The Labute approximate surface area is 161 Å². The van der Waals surface area contributed by atoms with Crippen LogP contribution in [0.1, 0.15) is 43.5 Å². The van der Waals surface area contributed by atoms with Crippen molar-refractivity contribution in [1.29, 1.82) is 0 Å². The maximum atomic E-state index is 12.9. The predicted octanol–water partition coefficient (Wildman–Crippen LogP) is 1.99. The highest BCUT2D eigenvalue weighted by atomic mass is 32.2. The second-order valence-corrected chi connectivity index (χ2v) is 9.41. The average Bonchev–Trinajstić information content (AvgIpc) is 3.09. The first-order valence-electron chi connectivity index (χ1n) is 9.49. The maximum absolute atomic E-state index is 12.9. The fraction of sp³-hybridized carbons (Fsp3) is 0.632. The molecule has 0 unspecified atom stereocenters. The van der Waals surface area contributed by atoms with Crippen molar-refractivity contribution in [1.82, 2.24) is 9.62 Å². The van der Waals surface area contributed by atoms with Crippen LogP contribution >= 0.6 is 0 Å². The van der Waals surface area contributed by atoms with Gasteiger partial charge in [-0.05, 0) is 36.6 Å². The molecule has 3 rings (SSSR count). The van der Waals surface area contributed by atoms with Gasteiger partial charge in [0, 0.05) is 38.0 Å². The van der Waals surface area contributed by atoms with Gasteiger partial charge >= 0.3 is 0 Å². The fourth-order valence-corrected chi connectivity index (χ4v) is 4.80. The standard InChI is InChI=1S/C19H28N2O5S/c1-15(2)7-10-20-18(22)16-3-5-17(6-4-16)27(23,24)21-11-8-19(9-12-21)25-13-14-26-19/h3-6,15H,7-14H2,1-2H3,(H,20,22). The first-order chi connectivity index (χ1) is 12.8. The molecule has 1 aromatic carbocycles. The molecule has 27 heavy (non-hydrogen) atoms. The summed E-state index contributed by atoms with van der Waals surface area (Å²) in [6.45, 7) is 6.65. The third kappa shape index (κ3) is 4.68. The lowest BCUT2D eigenvalue weighted by Crippen LogP contribution is -2.47. The number of carbonyl (C=O) groups excluding carboxylic acids is 1. The van der Waals surface area contributed by atoms with Crippen LogP contribution in [-0.4, -0.2) is 57.3 Å². The zero-order valence-corrected chi connectivity index (χ0v) is 16.8. The van der Waals surface area contributed by atoms with E-state index in [0.717, 1.165) is 6.42 Å². The van der Waals surface area contributed by atoms with E-state index in [1.165, 1.54) is 16.4 Å². The Balaban J connectivity index is 1.61. The molecule has 7 nitrogen and oxygen atoms in total. The molecule has 2 aliphatic heterocycles. The SMILES string of the molecule is CC(C)CCNC(=O)c1ccc(S(=O)(=O)N2CCC3(CC2)OCCO3)cc1. The number of rotatable bonds is 6. The summed E-state index contributed by atoms with van der Waals surface area (Å²) in [4.78, 5) is 12.3. The van der Waals surface area contributed by atoms with Crippen LogP contribution in [0.5, 0.6) is 0 Å². The summed E-state index contributed by atoms with van der Waals surface area (Å²) in [5, 5.41) is 2.85. The van der Waals surface area contributed by atoms with E-state index in [9.17, 15) is 13.2 Å². The van der Waals surface area contributed by atoms with E-state index in [0.29, 0.717) is 57.2 Å². The van der Waals surface area contributed by atoms with Crippen LogP contribution in [0.2, 0.25) is 0 Å². The molecule has 0 aromatic heterocycles. The van der Waals surface area contributed by atoms with Crippen LogP contribution < -0.4 is 5.32 Å². The molecule has 8 heteroatoms. The normalized spacial score (nSPS) is 20.3. The Morgan fingerprint density at radius 2 is 1.74 bits per heavy atom. The lowest BCUT2D eigenvalue weighted by Gasteiger charge is -2.36. The van der Waals surface area contributed by atoms with E-state index in [1.807, 2.05) is 0 Å². The minimum Gasteiger partial charge on any atom is -0.352 e. The highest BCUT2D eigenvalue weighted by molar-refractivity contribution is 7.89. The van der Waals surface area contributed by atoms with Gasteiger partial charge in [0.25, 0.3) is 5.91 Å². The Hall–Kier alpha value is -1.48. The minimum atomic E-state index is -3.59. The van der Waals surface area contributed by atoms with Crippen LogP contribution in [0.3, 0.4) is 0 Å². The number of benzene rings is 1. The molecule has 1 amide bonds. The number of hydrogen-bond acceptors (Lipinski definition) is 5. The first-order valence-corrected chi connectivity index (χ1v) is 10.9. The minimum absolute atomic E-state index is 0.185. The number of piperidine rings is 1. The average molecular weight is 397 g/mol. The molecule has 1 spiro atoms. The van der Waals surface area contributed by atoms with Crippen molar-refractivity contribution >= 4 is 15.9 Å². The van der Waals surface area contributed by atoms with E-state index in [1.54, 1.807) is 12.1 Å².